The predicted molar refractivity (Wildman–Crippen MR) is 156 cm³/mol. The summed E-state index contributed by atoms with van der Waals surface area (Å²) in [6.07, 6.45) is 4.77. The summed E-state index contributed by atoms with van der Waals surface area (Å²) in [5.74, 6) is 6.01. The van der Waals surface area contributed by atoms with Gasteiger partial charge in [0.1, 0.15) is 5.56 Å². The van der Waals surface area contributed by atoms with Crippen molar-refractivity contribution in [2.75, 3.05) is 13.1 Å². The number of likely N-dealkylation sites (tertiary alicyclic amines) is 1. The van der Waals surface area contributed by atoms with Crippen molar-refractivity contribution in [3.05, 3.63) is 106 Å². The number of carbonyl (C=O) groups is 2. The number of benzene rings is 2. The largest absolute Gasteiger partial charge is 0.344 e. The van der Waals surface area contributed by atoms with Gasteiger partial charge in [-0.3, -0.25) is 19.0 Å². The van der Waals surface area contributed by atoms with Gasteiger partial charge in [-0.05, 0) is 56.0 Å². The Balaban J connectivity index is 1.42. The van der Waals surface area contributed by atoms with Crippen LogP contribution in [0, 0.1) is 18.8 Å². The number of hydrogen-bond acceptors (Lipinski definition) is 5. The molecule has 9 heteroatoms. The number of rotatable bonds is 5. The Hall–Kier alpha value is -5.23. The Morgan fingerprint density at radius 3 is 2.71 bits per heavy atom. The molecule has 9 nitrogen and oxygen atoms in total. The van der Waals surface area contributed by atoms with Gasteiger partial charge in [0.05, 0.1) is 23.7 Å². The zero-order valence-corrected chi connectivity index (χ0v) is 22.8. The number of aryl methyl sites for hydroxylation is 1. The maximum absolute atomic E-state index is 14.2. The molecule has 1 fully saturated rings. The van der Waals surface area contributed by atoms with E-state index in [9.17, 15) is 14.4 Å². The summed E-state index contributed by atoms with van der Waals surface area (Å²) < 4.78 is 3.21. The molecule has 2 amide bonds. The zero-order valence-electron chi connectivity index (χ0n) is 22.8. The highest BCUT2D eigenvalue weighted by atomic mass is 16.2. The SMILES string of the molecule is Cc1nn2cccnc2c1C(=O)N[C@@H](C)c1cc2cccc(C#CCN3CCCC3=O)c2c(=O)n1-c1ccccc1. The van der Waals surface area contributed by atoms with Crippen LogP contribution in [0.3, 0.4) is 0 Å². The average molecular weight is 545 g/mol. The van der Waals surface area contributed by atoms with Gasteiger partial charge < -0.3 is 10.2 Å². The molecule has 0 unspecified atom stereocenters. The van der Waals surface area contributed by atoms with Gasteiger partial charge in [0, 0.05) is 42.3 Å². The average Bonchev–Trinajstić information content (AvgIpc) is 3.54. The fourth-order valence-corrected chi connectivity index (χ4v) is 5.35. The number of pyridine rings is 1. The third-order valence-corrected chi connectivity index (χ3v) is 7.34. The lowest BCUT2D eigenvalue weighted by Crippen LogP contribution is -2.32. The molecule has 0 spiro atoms. The predicted octanol–water partition coefficient (Wildman–Crippen LogP) is 3.81. The Morgan fingerprint density at radius 1 is 1.10 bits per heavy atom. The Labute approximate surface area is 236 Å². The summed E-state index contributed by atoms with van der Waals surface area (Å²) >= 11 is 0. The highest BCUT2D eigenvalue weighted by molar-refractivity contribution is 6.01. The third kappa shape index (κ3) is 4.85. The summed E-state index contributed by atoms with van der Waals surface area (Å²) in [5.41, 5.74) is 3.08. The van der Waals surface area contributed by atoms with Crippen LogP contribution in [-0.2, 0) is 4.79 Å². The van der Waals surface area contributed by atoms with Gasteiger partial charge in [0.2, 0.25) is 5.91 Å². The summed E-state index contributed by atoms with van der Waals surface area (Å²) in [5, 5.41) is 8.67. The van der Waals surface area contributed by atoms with Gasteiger partial charge in [-0.1, -0.05) is 42.2 Å². The first kappa shape index (κ1) is 26.0. The fourth-order valence-electron chi connectivity index (χ4n) is 5.35. The van der Waals surface area contributed by atoms with E-state index in [1.165, 1.54) is 0 Å². The minimum atomic E-state index is -0.534. The summed E-state index contributed by atoms with van der Waals surface area (Å²) in [6, 6.07) is 18.0. The first-order valence-corrected chi connectivity index (χ1v) is 13.5. The second-order valence-electron chi connectivity index (χ2n) is 10.1. The van der Waals surface area contributed by atoms with Crippen LogP contribution in [0.25, 0.3) is 22.1 Å². The number of amides is 2. The molecule has 0 saturated carbocycles. The van der Waals surface area contributed by atoms with Crippen molar-refractivity contribution in [3.63, 3.8) is 0 Å². The molecule has 0 radical (unpaired) electrons. The van der Waals surface area contributed by atoms with E-state index in [-0.39, 0.29) is 17.4 Å². The maximum Gasteiger partial charge on any atom is 0.264 e. The molecule has 0 bridgehead atoms. The molecule has 41 heavy (non-hydrogen) atoms. The molecule has 0 aliphatic carbocycles. The normalized spacial score (nSPS) is 13.8. The minimum absolute atomic E-state index is 0.111. The van der Waals surface area contributed by atoms with Crippen molar-refractivity contribution in [1.82, 2.24) is 29.4 Å². The quantitative estimate of drug-likeness (QED) is 0.339. The van der Waals surface area contributed by atoms with Crippen molar-refractivity contribution >= 4 is 28.2 Å². The molecule has 4 heterocycles. The number of nitrogens with one attached hydrogen (secondary N) is 1. The van der Waals surface area contributed by atoms with Crippen molar-refractivity contribution in [2.24, 2.45) is 0 Å². The summed E-state index contributed by atoms with van der Waals surface area (Å²) in [7, 11) is 0. The van der Waals surface area contributed by atoms with Gasteiger partial charge in [-0.2, -0.15) is 5.10 Å². The first-order valence-electron chi connectivity index (χ1n) is 13.5. The van der Waals surface area contributed by atoms with Crippen LogP contribution < -0.4 is 10.9 Å². The topological polar surface area (TPSA) is 102 Å². The van der Waals surface area contributed by atoms with E-state index in [1.54, 1.807) is 39.4 Å². The van der Waals surface area contributed by atoms with E-state index in [1.807, 2.05) is 61.5 Å². The Kier molecular flexibility index (Phi) is 6.81. The van der Waals surface area contributed by atoms with Crippen LogP contribution in [0.15, 0.2) is 77.9 Å². The summed E-state index contributed by atoms with van der Waals surface area (Å²) in [6.45, 7) is 4.66. The van der Waals surface area contributed by atoms with Crippen molar-refractivity contribution in [3.8, 4) is 17.5 Å². The standard InChI is InChI=1S/C32H28N6O3/c1-21(34-31(40)28-22(2)35-37-19-9-16-33-30(28)37)26-20-24-11-6-10-23(12-7-17-36-18-8-15-27(36)39)29(24)32(41)38(26)25-13-4-3-5-14-25/h3-6,9-11,13-14,16,19-21H,8,15,17-18H2,1-2H3,(H,34,40)/t21-/m0/s1. The fraction of sp³-hybridized carbons (Fsp3) is 0.219. The third-order valence-electron chi connectivity index (χ3n) is 7.34. The molecular weight excluding hydrogens is 516 g/mol. The maximum atomic E-state index is 14.2. The van der Waals surface area contributed by atoms with Gasteiger partial charge in [-0.15, -0.1) is 0 Å². The molecule has 5 aromatic rings. The number of para-hydroxylation sites is 1. The lowest BCUT2D eigenvalue weighted by Gasteiger charge is -2.21. The van der Waals surface area contributed by atoms with Crippen molar-refractivity contribution in [1.29, 1.82) is 0 Å². The minimum Gasteiger partial charge on any atom is -0.344 e. The lowest BCUT2D eigenvalue weighted by molar-refractivity contribution is -0.127. The summed E-state index contributed by atoms with van der Waals surface area (Å²) in [4.78, 5) is 45.7. The van der Waals surface area contributed by atoms with E-state index in [2.05, 4.69) is 27.2 Å². The molecule has 2 aromatic carbocycles. The van der Waals surface area contributed by atoms with E-state index < -0.39 is 6.04 Å². The van der Waals surface area contributed by atoms with Gasteiger partial charge in [0.15, 0.2) is 5.65 Å². The van der Waals surface area contributed by atoms with E-state index >= 15 is 0 Å². The Bertz CT molecular complexity index is 1930. The smallest absolute Gasteiger partial charge is 0.264 e. The lowest BCUT2D eigenvalue weighted by atomic mass is 10.0. The molecule has 3 aromatic heterocycles. The molecule has 6 rings (SSSR count). The monoisotopic (exact) mass is 544 g/mol. The number of nitrogens with zero attached hydrogens (tertiary/aromatic N) is 5. The van der Waals surface area contributed by atoms with E-state index in [0.29, 0.717) is 58.7 Å². The number of carbonyl (C=O) groups excluding carboxylic acids is 2. The van der Waals surface area contributed by atoms with Crippen LogP contribution >= 0.6 is 0 Å². The zero-order chi connectivity index (χ0) is 28.5. The van der Waals surface area contributed by atoms with Crippen LogP contribution in [0.2, 0.25) is 0 Å². The van der Waals surface area contributed by atoms with Gasteiger partial charge in [0.25, 0.3) is 11.5 Å². The van der Waals surface area contributed by atoms with Crippen molar-refractivity contribution in [2.45, 2.75) is 32.7 Å². The van der Waals surface area contributed by atoms with Crippen LogP contribution in [0.4, 0.5) is 0 Å². The molecule has 204 valence electrons. The number of fused-ring (bicyclic) bond motifs is 2. The van der Waals surface area contributed by atoms with Crippen LogP contribution in [-0.4, -0.2) is 49.0 Å². The first-order chi connectivity index (χ1) is 19.9. The molecule has 1 aliphatic rings. The Morgan fingerprint density at radius 2 is 1.93 bits per heavy atom. The molecule has 1 atom stereocenters. The second kappa shape index (κ2) is 10.7. The molecule has 1 saturated heterocycles. The molecular formula is C32H28N6O3. The van der Waals surface area contributed by atoms with Crippen LogP contribution in [0.1, 0.15) is 53.1 Å². The van der Waals surface area contributed by atoms with E-state index in [0.717, 1.165) is 11.8 Å². The molecule has 1 aliphatic heterocycles. The van der Waals surface area contributed by atoms with Gasteiger partial charge in [-0.25, -0.2) is 9.50 Å². The van der Waals surface area contributed by atoms with Crippen LogP contribution in [0.5, 0.6) is 0 Å². The number of hydrogen-bond donors (Lipinski definition) is 1. The highest BCUT2D eigenvalue weighted by Gasteiger charge is 2.23. The van der Waals surface area contributed by atoms with Crippen molar-refractivity contribution < 1.29 is 9.59 Å². The molecule has 1 N–H and O–H groups in total. The van der Waals surface area contributed by atoms with Gasteiger partial charge >= 0.3 is 0 Å². The number of aromatic nitrogens is 4. The van der Waals surface area contributed by atoms with E-state index in [4.69, 9.17) is 0 Å². The highest BCUT2D eigenvalue weighted by Crippen LogP contribution is 2.24. The second-order valence-corrected chi connectivity index (χ2v) is 10.1.